The first-order valence-electron chi connectivity index (χ1n) is 9.18. The van der Waals surface area contributed by atoms with Gasteiger partial charge in [-0.1, -0.05) is 63.8 Å². The fraction of sp³-hybridized carbons (Fsp3) is 0.348. The van der Waals surface area contributed by atoms with E-state index in [2.05, 4.69) is 32.7 Å². The highest BCUT2D eigenvalue weighted by molar-refractivity contribution is 8.18. The van der Waals surface area contributed by atoms with Crippen LogP contribution in [0.25, 0.3) is 0 Å². The van der Waals surface area contributed by atoms with Gasteiger partial charge in [0, 0.05) is 0 Å². The molecule has 1 aliphatic heterocycles. The Morgan fingerprint density at radius 2 is 1.79 bits per heavy atom. The molecule has 1 heterocycles. The standard InChI is InChI=1S/C16H15NO2S.C4H10.C3H6O/c1-3-5-6-12(4-2)13-8-7-11(9-13)10-14-15(18)17-16(19)20-14;1-4(2)3;1-3(2)4/h3-8,10H,2,9H2,1H3,(H,17,18,19);4H,1-3H3;1-2H3/b5-3-,12-6+,14-10-;;. The van der Waals surface area contributed by atoms with Crippen LogP contribution in [0.2, 0.25) is 0 Å². The molecule has 1 fully saturated rings. The smallest absolute Gasteiger partial charge is 0.290 e. The molecule has 0 radical (unpaired) electrons. The SMILES string of the molecule is C=C/C(=C\C=C/C)C1=CC=C(/C=C2\SC(=O)NC2=O)C1.CC(C)=O.CC(C)C. The summed E-state index contributed by atoms with van der Waals surface area (Å²) in [6.45, 7) is 15.3. The number of rotatable bonds is 4. The van der Waals surface area contributed by atoms with E-state index in [0.29, 0.717) is 4.91 Å². The summed E-state index contributed by atoms with van der Waals surface area (Å²) >= 11 is 0.941. The van der Waals surface area contributed by atoms with Gasteiger partial charge in [0.2, 0.25) is 0 Å². The van der Waals surface area contributed by atoms with Gasteiger partial charge in [-0.25, -0.2) is 0 Å². The molecule has 1 aliphatic carbocycles. The fourth-order valence-electron chi connectivity index (χ4n) is 1.94. The Bertz CT molecular complexity index is 743. The van der Waals surface area contributed by atoms with E-state index in [0.717, 1.165) is 40.8 Å². The lowest BCUT2D eigenvalue weighted by molar-refractivity contribution is -0.116. The van der Waals surface area contributed by atoms with Gasteiger partial charge in [0.25, 0.3) is 11.1 Å². The van der Waals surface area contributed by atoms with Crippen molar-refractivity contribution in [1.82, 2.24) is 5.32 Å². The van der Waals surface area contributed by atoms with Crippen LogP contribution in [-0.4, -0.2) is 16.9 Å². The average molecular weight is 402 g/mol. The lowest BCUT2D eigenvalue weighted by Gasteiger charge is -2.03. The van der Waals surface area contributed by atoms with Gasteiger partial charge in [-0.05, 0) is 67.7 Å². The monoisotopic (exact) mass is 401 g/mol. The molecule has 28 heavy (non-hydrogen) atoms. The summed E-state index contributed by atoms with van der Waals surface area (Å²) in [7, 11) is 0. The van der Waals surface area contributed by atoms with Crippen LogP contribution in [0.5, 0.6) is 0 Å². The molecule has 0 unspecified atom stereocenters. The van der Waals surface area contributed by atoms with Crippen molar-refractivity contribution in [3.8, 4) is 0 Å². The van der Waals surface area contributed by atoms with Gasteiger partial charge in [0.05, 0.1) is 4.91 Å². The highest BCUT2D eigenvalue weighted by atomic mass is 32.2. The average Bonchev–Trinajstić information content (AvgIpc) is 3.14. The molecule has 0 aromatic rings. The number of ketones is 1. The number of hydrogen-bond donors (Lipinski definition) is 1. The van der Waals surface area contributed by atoms with Crippen molar-refractivity contribution in [2.24, 2.45) is 5.92 Å². The molecule has 0 atom stereocenters. The molecule has 4 nitrogen and oxygen atoms in total. The third-order valence-corrected chi connectivity index (χ3v) is 3.72. The van der Waals surface area contributed by atoms with E-state index >= 15 is 0 Å². The number of Topliss-reactive ketones (excluding diaryl/α,β-unsaturated/α-hetero) is 1. The molecular formula is C23H31NO3S. The van der Waals surface area contributed by atoms with E-state index in [9.17, 15) is 14.4 Å². The highest BCUT2D eigenvalue weighted by Gasteiger charge is 2.25. The number of allylic oxidation sites excluding steroid dienone is 10. The number of amides is 2. The summed E-state index contributed by atoms with van der Waals surface area (Å²) in [6, 6.07) is 0. The second-order valence-corrected chi connectivity index (χ2v) is 7.97. The highest BCUT2D eigenvalue weighted by Crippen LogP contribution is 2.31. The summed E-state index contributed by atoms with van der Waals surface area (Å²) in [5.41, 5.74) is 3.23. The van der Waals surface area contributed by atoms with Crippen LogP contribution >= 0.6 is 11.8 Å². The van der Waals surface area contributed by atoms with Crippen molar-refractivity contribution in [1.29, 1.82) is 0 Å². The van der Waals surface area contributed by atoms with Crippen molar-refractivity contribution in [3.63, 3.8) is 0 Å². The summed E-state index contributed by atoms with van der Waals surface area (Å²) in [4.78, 5) is 32.5. The van der Waals surface area contributed by atoms with Crippen molar-refractivity contribution in [2.45, 2.75) is 48.0 Å². The Hall–Kier alpha value is -2.40. The van der Waals surface area contributed by atoms with Gasteiger partial charge in [0.15, 0.2) is 0 Å². The van der Waals surface area contributed by atoms with Crippen LogP contribution in [0.1, 0.15) is 48.0 Å². The van der Waals surface area contributed by atoms with Crippen LogP contribution in [0.3, 0.4) is 0 Å². The van der Waals surface area contributed by atoms with E-state index in [4.69, 9.17) is 0 Å². The molecule has 0 bridgehead atoms. The first kappa shape index (κ1) is 25.6. The first-order chi connectivity index (χ1) is 13.1. The fourth-order valence-corrected chi connectivity index (χ4v) is 2.64. The number of thioether (sulfide) groups is 1. The predicted molar refractivity (Wildman–Crippen MR) is 120 cm³/mol. The summed E-state index contributed by atoms with van der Waals surface area (Å²) < 4.78 is 0. The van der Waals surface area contributed by atoms with Crippen molar-refractivity contribution in [3.05, 3.63) is 70.7 Å². The van der Waals surface area contributed by atoms with Crippen LogP contribution in [-0.2, 0) is 9.59 Å². The summed E-state index contributed by atoms with van der Waals surface area (Å²) in [5, 5.41) is 1.94. The minimum Gasteiger partial charge on any atom is -0.300 e. The van der Waals surface area contributed by atoms with Gasteiger partial charge in [-0.15, -0.1) is 0 Å². The normalized spacial score (nSPS) is 17.5. The van der Waals surface area contributed by atoms with Crippen molar-refractivity contribution < 1.29 is 14.4 Å². The van der Waals surface area contributed by atoms with E-state index in [1.165, 1.54) is 13.8 Å². The molecule has 0 aromatic carbocycles. The molecule has 1 saturated heterocycles. The number of hydrogen-bond acceptors (Lipinski definition) is 4. The summed E-state index contributed by atoms with van der Waals surface area (Å²) in [6.07, 6.45) is 14.2. The Morgan fingerprint density at radius 3 is 2.21 bits per heavy atom. The van der Waals surface area contributed by atoms with Crippen molar-refractivity contribution in [2.75, 3.05) is 0 Å². The second-order valence-electron chi connectivity index (χ2n) is 6.95. The zero-order valence-corrected chi connectivity index (χ0v) is 18.5. The zero-order chi connectivity index (χ0) is 21.7. The number of nitrogens with one attached hydrogen (secondary N) is 1. The molecule has 152 valence electrons. The van der Waals surface area contributed by atoms with E-state index < -0.39 is 0 Å². The van der Waals surface area contributed by atoms with Crippen LogP contribution in [0.15, 0.2) is 70.7 Å². The van der Waals surface area contributed by atoms with Crippen LogP contribution < -0.4 is 5.32 Å². The molecule has 0 spiro atoms. The maximum atomic E-state index is 11.5. The van der Waals surface area contributed by atoms with E-state index in [1.54, 1.807) is 6.08 Å². The third-order valence-electron chi connectivity index (χ3n) is 2.91. The molecule has 2 rings (SSSR count). The molecule has 5 heteroatoms. The molecule has 0 saturated carbocycles. The largest absolute Gasteiger partial charge is 0.300 e. The number of imide groups is 1. The molecular weight excluding hydrogens is 370 g/mol. The summed E-state index contributed by atoms with van der Waals surface area (Å²) in [5.74, 6) is 0.683. The minimum absolute atomic E-state index is 0.167. The van der Waals surface area contributed by atoms with E-state index in [1.807, 2.05) is 43.4 Å². The van der Waals surface area contributed by atoms with Gasteiger partial charge >= 0.3 is 0 Å². The lowest BCUT2D eigenvalue weighted by atomic mass is 10.0. The predicted octanol–water partition coefficient (Wildman–Crippen LogP) is 6.06. The quantitative estimate of drug-likeness (QED) is 0.460. The Kier molecular flexibility index (Phi) is 12.5. The lowest BCUT2D eigenvalue weighted by Crippen LogP contribution is -2.17. The van der Waals surface area contributed by atoms with Gasteiger partial charge < -0.3 is 4.79 Å². The van der Waals surface area contributed by atoms with Gasteiger partial charge in [0.1, 0.15) is 5.78 Å². The topological polar surface area (TPSA) is 63.2 Å². The third kappa shape index (κ3) is 11.3. The number of carbonyl (C=O) groups is 3. The van der Waals surface area contributed by atoms with E-state index in [-0.39, 0.29) is 16.9 Å². The number of carbonyl (C=O) groups excluding carboxylic acids is 3. The zero-order valence-electron chi connectivity index (χ0n) is 17.7. The Balaban J connectivity index is 0.000000776. The minimum atomic E-state index is -0.317. The Labute approximate surface area is 173 Å². The Morgan fingerprint density at radius 1 is 1.21 bits per heavy atom. The first-order valence-corrected chi connectivity index (χ1v) is 9.99. The van der Waals surface area contributed by atoms with Crippen molar-refractivity contribution >= 4 is 28.7 Å². The van der Waals surface area contributed by atoms with Gasteiger partial charge in [-0.3, -0.25) is 14.9 Å². The van der Waals surface area contributed by atoms with Crippen LogP contribution in [0.4, 0.5) is 4.79 Å². The molecule has 0 aromatic heterocycles. The van der Waals surface area contributed by atoms with Crippen LogP contribution in [0, 0.1) is 5.92 Å². The molecule has 1 N–H and O–H groups in total. The maximum Gasteiger partial charge on any atom is 0.290 e. The second kappa shape index (κ2) is 13.7. The molecule has 2 aliphatic rings. The molecule has 2 amide bonds. The maximum absolute atomic E-state index is 11.5. The van der Waals surface area contributed by atoms with Gasteiger partial charge in [-0.2, -0.15) is 0 Å².